The van der Waals surface area contributed by atoms with Crippen LogP contribution in [0.4, 0.5) is 13.2 Å². The average molecular weight is 407 g/mol. The minimum absolute atomic E-state index is 0.0993. The van der Waals surface area contributed by atoms with Crippen LogP contribution >= 0.6 is 0 Å². The summed E-state index contributed by atoms with van der Waals surface area (Å²) < 4.78 is 47.4. The zero-order valence-electron chi connectivity index (χ0n) is 16.0. The second kappa shape index (κ2) is 7.16. The molecule has 0 bridgehead atoms. The second-order valence-corrected chi connectivity index (χ2v) is 7.43. The Morgan fingerprint density at radius 1 is 1.34 bits per heavy atom. The summed E-state index contributed by atoms with van der Waals surface area (Å²) in [6.07, 6.45) is 0.229. The van der Waals surface area contributed by atoms with Crippen LogP contribution in [0.15, 0.2) is 23.0 Å². The van der Waals surface area contributed by atoms with Crippen LogP contribution in [0.2, 0.25) is 0 Å². The van der Waals surface area contributed by atoms with Crippen molar-refractivity contribution >= 4 is 17.0 Å². The van der Waals surface area contributed by atoms with E-state index in [0.717, 1.165) is 11.6 Å². The number of likely N-dealkylation sites (tertiary alicyclic amines) is 1. The molecule has 4 rings (SSSR count). The van der Waals surface area contributed by atoms with Crippen molar-refractivity contribution in [1.82, 2.24) is 24.8 Å². The van der Waals surface area contributed by atoms with Gasteiger partial charge in [0.15, 0.2) is 0 Å². The van der Waals surface area contributed by atoms with E-state index in [0.29, 0.717) is 25.9 Å². The molecule has 7 nitrogen and oxygen atoms in total. The molecule has 1 amide bonds. The lowest BCUT2D eigenvalue weighted by atomic mass is 9.92. The number of aromatic nitrogens is 4. The van der Waals surface area contributed by atoms with E-state index in [4.69, 9.17) is 4.52 Å². The molecule has 0 spiro atoms. The number of piperidine rings is 1. The number of pyridine rings is 1. The van der Waals surface area contributed by atoms with Crippen LogP contribution in [0.5, 0.6) is 0 Å². The summed E-state index contributed by atoms with van der Waals surface area (Å²) in [4.78, 5) is 18.6. The maximum atomic E-state index is 13.6. The first-order valence-corrected chi connectivity index (χ1v) is 9.33. The number of fused-ring (bicyclic) bond motifs is 1. The first kappa shape index (κ1) is 19.4. The molecule has 4 heterocycles. The third-order valence-corrected chi connectivity index (χ3v) is 5.19. The largest absolute Gasteiger partial charge is 0.417 e. The number of hydrogen-bond acceptors (Lipinski definition) is 5. The molecular weight excluding hydrogens is 387 g/mol. The van der Waals surface area contributed by atoms with Gasteiger partial charge in [-0.1, -0.05) is 5.16 Å². The van der Waals surface area contributed by atoms with Crippen LogP contribution in [0, 0.1) is 13.8 Å². The summed E-state index contributed by atoms with van der Waals surface area (Å²) in [5, 5.41) is 7.64. The van der Waals surface area contributed by atoms with E-state index >= 15 is 0 Å². The van der Waals surface area contributed by atoms with Gasteiger partial charge in [-0.05, 0) is 38.3 Å². The molecule has 3 aromatic rings. The van der Waals surface area contributed by atoms with Crippen molar-refractivity contribution in [2.24, 2.45) is 0 Å². The third-order valence-electron chi connectivity index (χ3n) is 5.19. The lowest BCUT2D eigenvalue weighted by molar-refractivity contribution is -0.136. The quantitative estimate of drug-likeness (QED) is 0.665. The summed E-state index contributed by atoms with van der Waals surface area (Å²) in [6.45, 7) is 4.31. The Kier molecular flexibility index (Phi) is 4.79. The number of hydrogen-bond donors (Lipinski definition) is 0. The monoisotopic (exact) mass is 407 g/mol. The molecule has 0 radical (unpaired) electrons. The van der Waals surface area contributed by atoms with Gasteiger partial charge in [-0.15, -0.1) is 0 Å². The number of nitrogens with zero attached hydrogens (tertiary/aromatic N) is 5. The summed E-state index contributed by atoms with van der Waals surface area (Å²) in [7, 11) is 0. The van der Waals surface area contributed by atoms with Gasteiger partial charge >= 0.3 is 6.18 Å². The van der Waals surface area contributed by atoms with Crippen LogP contribution in [0.1, 0.15) is 41.3 Å². The molecule has 0 saturated carbocycles. The van der Waals surface area contributed by atoms with Gasteiger partial charge in [-0.2, -0.15) is 18.3 Å². The summed E-state index contributed by atoms with van der Waals surface area (Å²) in [6, 6.07) is 1.07. The van der Waals surface area contributed by atoms with Gasteiger partial charge in [-0.3, -0.25) is 9.48 Å². The minimum atomic E-state index is -4.55. The Labute approximate surface area is 164 Å². The van der Waals surface area contributed by atoms with Gasteiger partial charge in [0.05, 0.1) is 28.5 Å². The fourth-order valence-corrected chi connectivity index (χ4v) is 3.78. The maximum absolute atomic E-state index is 13.6. The van der Waals surface area contributed by atoms with E-state index in [2.05, 4.69) is 15.2 Å². The molecule has 1 aliphatic heterocycles. The number of halogens is 3. The van der Waals surface area contributed by atoms with Gasteiger partial charge in [-0.25, -0.2) is 4.98 Å². The van der Waals surface area contributed by atoms with E-state index < -0.39 is 11.7 Å². The van der Waals surface area contributed by atoms with Crippen LogP contribution in [-0.4, -0.2) is 43.8 Å². The molecular formula is C19H20F3N5O2. The molecule has 1 fully saturated rings. The van der Waals surface area contributed by atoms with Crippen molar-refractivity contribution in [2.75, 3.05) is 13.1 Å². The number of alkyl halides is 3. The number of amides is 1. The molecule has 1 atom stereocenters. The first-order chi connectivity index (χ1) is 13.7. The van der Waals surface area contributed by atoms with E-state index in [-0.39, 0.29) is 40.9 Å². The van der Waals surface area contributed by atoms with E-state index in [1.807, 2.05) is 6.92 Å². The molecule has 0 unspecified atom stereocenters. The Morgan fingerprint density at radius 3 is 2.83 bits per heavy atom. The van der Waals surface area contributed by atoms with Crippen LogP contribution in [-0.2, 0) is 17.5 Å². The highest BCUT2D eigenvalue weighted by atomic mass is 19.4. The number of carbonyl (C=O) groups excluding carboxylic acids is 1. The smallest absolute Gasteiger partial charge is 0.340 e. The van der Waals surface area contributed by atoms with Crippen molar-refractivity contribution < 1.29 is 22.5 Å². The van der Waals surface area contributed by atoms with Crippen LogP contribution in [0.3, 0.4) is 0 Å². The zero-order valence-corrected chi connectivity index (χ0v) is 16.0. The van der Waals surface area contributed by atoms with Gasteiger partial charge in [0.2, 0.25) is 5.91 Å². The number of aryl methyl sites for hydroxylation is 2. The van der Waals surface area contributed by atoms with Crippen molar-refractivity contribution in [3.05, 3.63) is 41.0 Å². The molecule has 29 heavy (non-hydrogen) atoms. The van der Waals surface area contributed by atoms with E-state index in [1.54, 1.807) is 22.0 Å². The van der Waals surface area contributed by atoms with Crippen molar-refractivity contribution in [3.63, 3.8) is 0 Å². The summed E-state index contributed by atoms with van der Waals surface area (Å²) >= 11 is 0. The Balaban J connectivity index is 1.59. The molecule has 3 aromatic heterocycles. The fourth-order valence-electron chi connectivity index (χ4n) is 3.78. The van der Waals surface area contributed by atoms with E-state index in [1.165, 1.54) is 6.92 Å². The van der Waals surface area contributed by atoms with Crippen molar-refractivity contribution in [3.8, 4) is 0 Å². The number of rotatable bonds is 3. The standard InChI is InChI=1S/C19H20F3N5O2/c1-11-7-23-27(8-11)10-16(28)26-5-3-4-13(9-26)15-6-14(19(20,21)22)17-12(2)25-29-18(17)24-15/h6-8,13H,3-5,9-10H2,1-2H3/t13-/m0/s1. The van der Waals surface area contributed by atoms with Gasteiger partial charge < -0.3 is 9.42 Å². The molecule has 10 heteroatoms. The highest BCUT2D eigenvalue weighted by Crippen LogP contribution is 2.38. The molecule has 1 saturated heterocycles. The highest BCUT2D eigenvalue weighted by Gasteiger charge is 2.37. The normalized spacial score (nSPS) is 17.8. The first-order valence-electron chi connectivity index (χ1n) is 9.33. The van der Waals surface area contributed by atoms with Gasteiger partial charge in [0.1, 0.15) is 6.54 Å². The Bertz CT molecular complexity index is 1060. The lowest BCUT2D eigenvalue weighted by Crippen LogP contribution is -2.41. The predicted molar refractivity (Wildman–Crippen MR) is 97.1 cm³/mol. The predicted octanol–water partition coefficient (Wildman–Crippen LogP) is 3.46. The third kappa shape index (κ3) is 3.83. The Hall–Kier alpha value is -2.91. The summed E-state index contributed by atoms with van der Waals surface area (Å²) in [5.74, 6) is -0.423. The van der Waals surface area contributed by atoms with E-state index in [9.17, 15) is 18.0 Å². The van der Waals surface area contributed by atoms with Gasteiger partial charge in [0.25, 0.3) is 5.71 Å². The Morgan fingerprint density at radius 2 is 2.14 bits per heavy atom. The second-order valence-electron chi connectivity index (χ2n) is 7.43. The molecule has 0 N–H and O–H groups in total. The van der Waals surface area contributed by atoms with Crippen LogP contribution in [0.25, 0.3) is 11.1 Å². The van der Waals surface area contributed by atoms with Gasteiger partial charge in [0, 0.05) is 25.2 Å². The minimum Gasteiger partial charge on any atom is -0.340 e. The molecule has 0 aromatic carbocycles. The summed E-state index contributed by atoms with van der Waals surface area (Å²) in [5.41, 5.74) is 0.457. The number of carbonyl (C=O) groups is 1. The maximum Gasteiger partial charge on any atom is 0.417 e. The highest BCUT2D eigenvalue weighted by molar-refractivity contribution is 5.81. The fraction of sp³-hybridized carbons (Fsp3) is 0.474. The SMILES string of the molecule is Cc1cnn(CC(=O)N2CCC[C@H](c3cc(C(F)(F)F)c4c(C)noc4n3)C2)c1. The molecule has 0 aliphatic carbocycles. The van der Waals surface area contributed by atoms with Crippen LogP contribution < -0.4 is 0 Å². The van der Waals surface area contributed by atoms with Crippen molar-refractivity contribution in [1.29, 1.82) is 0 Å². The zero-order chi connectivity index (χ0) is 20.8. The average Bonchev–Trinajstić information content (AvgIpc) is 3.26. The molecule has 154 valence electrons. The molecule has 1 aliphatic rings. The lowest BCUT2D eigenvalue weighted by Gasteiger charge is -2.32. The van der Waals surface area contributed by atoms with Crippen molar-refractivity contribution in [2.45, 2.75) is 45.3 Å². The topological polar surface area (TPSA) is 77.0 Å².